The number of aromatic nitrogens is 1. The van der Waals surface area contributed by atoms with Crippen LogP contribution in [0, 0.1) is 12.7 Å². The molecule has 2 N–H and O–H groups in total. The second-order valence-corrected chi connectivity index (χ2v) is 7.72. The van der Waals surface area contributed by atoms with Crippen molar-refractivity contribution in [1.82, 2.24) is 9.71 Å². The van der Waals surface area contributed by atoms with E-state index in [1.54, 1.807) is 6.07 Å². The Bertz CT molecular complexity index is 982. The Hall–Kier alpha value is -1.89. The zero-order valence-corrected chi connectivity index (χ0v) is 14.5. The summed E-state index contributed by atoms with van der Waals surface area (Å²) >= 11 is 5.77. The van der Waals surface area contributed by atoms with Crippen LogP contribution < -0.4 is 4.72 Å². The van der Waals surface area contributed by atoms with Crippen LogP contribution >= 0.6 is 11.6 Å². The predicted octanol–water partition coefficient (Wildman–Crippen LogP) is 3.79. The average Bonchev–Trinajstić information content (AvgIpc) is 2.83. The predicted molar refractivity (Wildman–Crippen MR) is 93.3 cm³/mol. The lowest BCUT2D eigenvalue weighted by molar-refractivity contribution is 0.581. The van der Waals surface area contributed by atoms with Gasteiger partial charge in [0.1, 0.15) is 5.82 Å². The lowest BCUT2D eigenvalue weighted by Gasteiger charge is -2.07. The Morgan fingerprint density at radius 2 is 1.88 bits per heavy atom. The number of hydrogen-bond donors (Lipinski definition) is 2. The van der Waals surface area contributed by atoms with E-state index in [4.69, 9.17) is 11.6 Å². The SMILES string of the molecule is Cc1[nH]c2ccc(F)cc2c1CCNS(=O)(=O)c1ccc(Cl)cc1. The van der Waals surface area contributed by atoms with Gasteiger partial charge < -0.3 is 4.98 Å². The number of nitrogens with one attached hydrogen (secondary N) is 2. The average molecular weight is 367 g/mol. The van der Waals surface area contributed by atoms with Crippen LogP contribution in [0.4, 0.5) is 4.39 Å². The van der Waals surface area contributed by atoms with Gasteiger partial charge in [0.15, 0.2) is 0 Å². The van der Waals surface area contributed by atoms with Gasteiger partial charge in [0.05, 0.1) is 4.90 Å². The summed E-state index contributed by atoms with van der Waals surface area (Å²) in [7, 11) is -3.60. The molecule has 0 bridgehead atoms. The number of hydrogen-bond acceptors (Lipinski definition) is 2. The van der Waals surface area contributed by atoms with E-state index in [9.17, 15) is 12.8 Å². The van der Waals surface area contributed by atoms with Crippen LogP contribution in [0.25, 0.3) is 10.9 Å². The fraction of sp³-hybridized carbons (Fsp3) is 0.176. The van der Waals surface area contributed by atoms with Gasteiger partial charge in [-0.2, -0.15) is 0 Å². The van der Waals surface area contributed by atoms with Crippen molar-refractivity contribution < 1.29 is 12.8 Å². The van der Waals surface area contributed by atoms with Gasteiger partial charge in [-0.25, -0.2) is 17.5 Å². The van der Waals surface area contributed by atoms with Crippen molar-refractivity contribution in [2.75, 3.05) is 6.54 Å². The molecule has 0 saturated carbocycles. The summed E-state index contributed by atoms with van der Waals surface area (Å²) in [6.07, 6.45) is 0.460. The minimum absolute atomic E-state index is 0.161. The molecular formula is C17H16ClFN2O2S. The van der Waals surface area contributed by atoms with E-state index in [-0.39, 0.29) is 17.3 Å². The first-order chi connectivity index (χ1) is 11.4. The van der Waals surface area contributed by atoms with Gasteiger partial charge in [-0.15, -0.1) is 0 Å². The first kappa shape index (κ1) is 17.0. The number of halogens is 2. The van der Waals surface area contributed by atoms with Crippen LogP contribution in [-0.4, -0.2) is 19.9 Å². The maximum atomic E-state index is 13.5. The molecular weight excluding hydrogens is 351 g/mol. The number of benzene rings is 2. The molecule has 2 aromatic carbocycles. The van der Waals surface area contributed by atoms with Crippen molar-refractivity contribution in [3.05, 3.63) is 64.6 Å². The Labute approximate surface area is 144 Å². The zero-order chi connectivity index (χ0) is 17.3. The van der Waals surface area contributed by atoms with Gasteiger partial charge in [-0.3, -0.25) is 0 Å². The summed E-state index contributed by atoms with van der Waals surface area (Å²) in [6, 6.07) is 10.5. The molecule has 3 rings (SSSR count). The van der Waals surface area contributed by atoms with Crippen molar-refractivity contribution in [1.29, 1.82) is 0 Å². The number of aryl methyl sites for hydroxylation is 1. The zero-order valence-electron chi connectivity index (χ0n) is 12.9. The molecule has 0 saturated heterocycles. The van der Waals surface area contributed by atoms with Gasteiger partial charge in [-0.05, 0) is 61.4 Å². The molecule has 0 aliphatic carbocycles. The highest BCUT2D eigenvalue weighted by atomic mass is 35.5. The van der Waals surface area contributed by atoms with Gasteiger partial charge in [0, 0.05) is 28.2 Å². The van der Waals surface area contributed by atoms with Crippen LogP contribution in [0.3, 0.4) is 0 Å². The highest BCUT2D eigenvalue weighted by Gasteiger charge is 2.15. The fourth-order valence-electron chi connectivity index (χ4n) is 2.68. The number of aromatic amines is 1. The fourth-order valence-corrected chi connectivity index (χ4v) is 3.84. The summed E-state index contributed by atoms with van der Waals surface area (Å²) in [5.41, 5.74) is 2.65. The topological polar surface area (TPSA) is 62.0 Å². The second-order valence-electron chi connectivity index (χ2n) is 5.52. The summed E-state index contributed by atoms with van der Waals surface area (Å²) in [5.74, 6) is -0.315. The first-order valence-corrected chi connectivity index (χ1v) is 9.25. The number of fused-ring (bicyclic) bond motifs is 1. The molecule has 0 atom stereocenters. The summed E-state index contributed by atoms with van der Waals surface area (Å²) in [5, 5.41) is 1.25. The third kappa shape index (κ3) is 3.45. The third-order valence-electron chi connectivity index (χ3n) is 3.87. The van der Waals surface area contributed by atoms with Crippen molar-refractivity contribution in [3.63, 3.8) is 0 Å². The number of rotatable bonds is 5. The Morgan fingerprint density at radius 1 is 1.17 bits per heavy atom. The molecule has 0 unspecified atom stereocenters. The second kappa shape index (κ2) is 6.55. The largest absolute Gasteiger partial charge is 0.358 e. The standard InChI is InChI=1S/C17H16ClFN2O2S/c1-11-15(16-10-13(19)4-7-17(16)21-11)8-9-20-24(22,23)14-5-2-12(18)3-6-14/h2-7,10,20-21H,8-9H2,1H3. The lowest BCUT2D eigenvalue weighted by atomic mass is 10.1. The van der Waals surface area contributed by atoms with E-state index in [0.29, 0.717) is 11.4 Å². The van der Waals surface area contributed by atoms with Crippen LogP contribution in [0.5, 0.6) is 0 Å². The maximum Gasteiger partial charge on any atom is 0.240 e. The lowest BCUT2D eigenvalue weighted by Crippen LogP contribution is -2.26. The molecule has 1 aromatic heterocycles. The smallest absolute Gasteiger partial charge is 0.240 e. The van der Waals surface area contributed by atoms with Crippen LogP contribution in [0.15, 0.2) is 47.4 Å². The Balaban J connectivity index is 1.76. The Kier molecular flexibility index (Phi) is 4.62. The van der Waals surface area contributed by atoms with Gasteiger partial charge in [0.2, 0.25) is 10.0 Å². The first-order valence-electron chi connectivity index (χ1n) is 7.39. The van der Waals surface area contributed by atoms with Crippen LogP contribution in [0.2, 0.25) is 5.02 Å². The highest BCUT2D eigenvalue weighted by Crippen LogP contribution is 2.23. The molecule has 0 amide bonds. The molecule has 24 heavy (non-hydrogen) atoms. The molecule has 7 heteroatoms. The maximum absolute atomic E-state index is 13.5. The summed E-state index contributed by atoms with van der Waals surface area (Å²) in [6.45, 7) is 2.11. The van der Waals surface area contributed by atoms with E-state index >= 15 is 0 Å². The minimum Gasteiger partial charge on any atom is -0.358 e. The van der Waals surface area contributed by atoms with Crippen molar-refractivity contribution in [3.8, 4) is 0 Å². The molecule has 126 valence electrons. The Morgan fingerprint density at radius 3 is 2.58 bits per heavy atom. The molecule has 1 heterocycles. The van der Waals surface area contributed by atoms with Crippen molar-refractivity contribution in [2.45, 2.75) is 18.2 Å². The molecule has 3 aromatic rings. The third-order valence-corrected chi connectivity index (χ3v) is 5.60. The van der Waals surface area contributed by atoms with E-state index in [0.717, 1.165) is 22.2 Å². The monoisotopic (exact) mass is 366 g/mol. The van der Waals surface area contributed by atoms with E-state index in [1.165, 1.54) is 36.4 Å². The minimum atomic E-state index is -3.60. The molecule has 0 radical (unpaired) electrons. The van der Waals surface area contributed by atoms with E-state index in [1.807, 2.05) is 6.92 Å². The van der Waals surface area contributed by atoms with Crippen LogP contribution in [-0.2, 0) is 16.4 Å². The van der Waals surface area contributed by atoms with Crippen LogP contribution in [0.1, 0.15) is 11.3 Å². The van der Waals surface area contributed by atoms with Crippen molar-refractivity contribution in [2.24, 2.45) is 0 Å². The quantitative estimate of drug-likeness (QED) is 0.721. The normalized spacial score (nSPS) is 12.0. The summed E-state index contributed by atoms with van der Waals surface area (Å²) < 4.78 is 40.5. The highest BCUT2D eigenvalue weighted by molar-refractivity contribution is 7.89. The molecule has 4 nitrogen and oxygen atoms in total. The van der Waals surface area contributed by atoms with Gasteiger partial charge in [-0.1, -0.05) is 11.6 Å². The number of sulfonamides is 1. The van der Waals surface area contributed by atoms with Gasteiger partial charge >= 0.3 is 0 Å². The number of H-pyrrole nitrogens is 1. The van der Waals surface area contributed by atoms with Crippen molar-refractivity contribution >= 4 is 32.5 Å². The van der Waals surface area contributed by atoms with Gasteiger partial charge in [0.25, 0.3) is 0 Å². The van der Waals surface area contributed by atoms with E-state index in [2.05, 4.69) is 9.71 Å². The molecule has 0 aliphatic rings. The molecule has 0 fully saturated rings. The summed E-state index contributed by atoms with van der Waals surface area (Å²) in [4.78, 5) is 3.34. The van der Waals surface area contributed by atoms with E-state index < -0.39 is 10.0 Å². The molecule has 0 spiro atoms. The molecule has 0 aliphatic heterocycles.